The molecule has 0 radical (unpaired) electrons. The zero-order valence-corrected chi connectivity index (χ0v) is 14.0. The van der Waals surface area contributed by atoms with Crippen LogP contribution in [0, 0.1) is 17.2 Å². The number of piperidine rings is 1. The van der Waals surface area contributed by atoms with Crippen molar-refractivity contribution in [1.29, 1.82) is 5.26 Å². The number of nitriles is 1. The van der Waals surface area contributed by atoms with Gasteiger partial charge in [0.05, 0.1) is 12.1 Å². The van der Waals surface area contributed by atoms with Crippen molar-refractivity contribution in [2.75, 3.05) is 25.0 Å². The summed E-state index contributed by atoms with van der Waals surface area (Å²) in [4.78, 5) is 15.8. The quantitative estimate of drug-likeness (QED) is 0.931. The van der Waals surface area contributed by atoms with Crippen molar-refractivity contribution < 1.29 is 4.79 Å². The molecule has 2 aliphatic rings. The van der Waals surface area contributed by atoms with Gasteiger partial charge in [0.1, 0.15) is 11.1 Å². The molecule has 1 fully saturated rings. The van der Waals surface area contributed by atoms with Gasteiger partial charge >= 0.3 is 0 Å². The molecule has 118 valence electrons. The molecule has 1 aliphatic heterocycles. The number of hydrogen-bond acceptors (Lipinski definition) is 4. The summed E-state index contributed by atoms with van der Waals surface area (Å²) in [5.41, 5.74) is 1.89. The molecule has 1 aromatic rings. The fraction of sp³-hybridized carbons (Fsp3) is 0.647. The highest BCUT2D eigenvalue weighted by molar-refractivity contribution is 7.16. The first-order chi connectivity index (χ1) is 10.7. The topological polar surface area (TPSA) is 56.1 Å². The second-order valence-corrected chi connectivity index (χ2v) is 7.66. The monoisotopic (exact) mass is 317 g/mol. The number of aryl methyl sites for hydroxylation is 1. The Kier molecular flexibility index (Phi) is 4.80. The van der Waals surface area contributed by atoms with E-state index < -0.39 is 0 Å². The van der Waals surface area contributed by atoms with Crippen LogP contribution in [0.4, 0.5) is 5.00 Å². The minimum Gasteiger partial charge on any atom is -0.315 e. The van der Waals surface area contributed by atoms with E-state index in [0.29, 0.717) is 18.0 Å². The van der Waals surface area contributed by atoms with Crippen molar-refractivity contribution >= 4 is 22.2 Å². The highest BCUT2D eigenvalue weighted by Gasteiger charge is 2.23. The van der Waals surface area contributed by atoms with Gasteiger partial charge in [0.15, 0.2) is 0 Å². The predicted molar refractivity (Wildman–Crippen MR) is 89.1 cm³/mol. The van der Waals surface area contributed by atoms with Crippen molar-refractivity contribution in [2.45, 2.75) is 45.4 Å². The summed E-state index contributed by atoms with van der Waals surface area (Å²) in [7, 11) is 0. The lowest BCUT2D eigenvalue weighted by Gasteiger charge is -2.30. The Labute approximate surface area is 136 Å². The van der Waals surface area contributed by atoms with Crippen LogP contribution in [0.15, 0.2) is 0 Å². The van der Waals surface area contributed by atoms with Crippen LogP contribution in [0.3, 0.4) is 0 Å². The number of nitrogens with zero attached hydrogens (tertiary/aromatic N) is 2. The highest BCUT2D eigenvalue weighted by atomic mass is 32.1. The van der Waals surface area contributed by atoms with E-state index in [0.717, 1.165) is 37.4 Å². The summed E-state index contributed by atoms with van der Waals surface area (Å²) in [5, 5.41) is 13.2. The molecule has 1 aromatic heterocycles. The molecule has 4 nitrogen and oxygen atoms in total. The number of carbonyl (C=O) groups excluding carboxylic acids is 1. The van der Waals surface area contributed by atoms with Gasteiger partial charge in [-0.15, -0.1) is 11.3 Å². The van der Waals surface area contributed by atoms with Gasteiger partial charge in [0.2, 0.25) is 5.91 Å². The maximum Gasteiger partial charge on any atom is 0.239 e. The summed E-state index contributed by atoms with van der Waals surface area (Å²) in [6, 6.07) is 2.30. The number of rotatable bonds is 3. The summed E-state index contributed by atoms with van der Waals surface area (Å²) >= 11 is 1.60. The van der Waals surface area contributed by atoms with Crippen LogP contribution in [0.1, 0.15) is 48.6 Å². The van der Waals surface area contributed by atoms with E-state index in [-0.39, 0.29) is 5.91 Å². The SMILES string of the molecule is C[C@@H]1CCCN(CC(=O)Nc2sc3c(c2C#N)CCCC3)C1. The molecule has 0 spiro atoms. The van der Waals surface area contributed by atoms with Gasteiger partial charge in [-0.05, 0) is 56.6 Å². The van der Waals surface area contributed by atoms with Gasteiger partial charge in [0, 0.05) is 11.4 Å². The maximum atomic E-state index is 12.3. The molecule has 0 unspecified atom stereocenters. The molecule has 0 bridgehead atoms. The van der Waals surface area contributed by atoms with Crippen molar-refractivity contribution in [3.05, 3.63) is 16.0 Å². The van der Waals surface area contributed by atoms with Crippen molar-refractivity contribution in [2.24, 2.45) is 5.92 Å². The molecule has 2 heterocycles. The molecule has 1 atom stereocenters. The molecule has 3 rings (SSSR count). The zero-order chi connectivity index (χ0) is 15.5. The summed E-state index contributed by atoms with van der Waals surface area (Å²) < 4.78 is 0. The van der Waals surface area contributed by atoms with Crippen LogP contribution in [-0.2, 0) is 17.6 Å². The average molecular weight is 317 g/mol. The van der Waals surface area contributed by atoms with E-state index in [1.165, 1.54) is 29.7 Å². The third-order valence-electron chi connectivity index (χ3n) is 4.64. The van der Waals surface area contributed by atoms with E-state index in [2.05, 4.69) is 23.2 Å². The van der Waals surface area contributed by atoms with Crippen LogP contribution in [0.25, 0.3) is 0 Å². The van der Waals surface area contributed by atoms with Gasteiger partial charge in [-0.1, -0.05) is 6.92 Å². The van der Waals surface area contributed by atoms with E-state index in [1.807, 2.05) is 0 Å². The van der Waals surface area contributed by atoms with Gasteiger partial charge in [-0.3, -0.25) is 9.69 Å². The fourth-order valence-electron chi connectivity index (χ4n) is 3.57. The second-order valence-electron chi connectivity index (χ2n) is 6.56. The Balaban J connectivity index is 1.66. The lowest BCUT2D eigenvalue weighted by molar-refractivity contribution is -0.117. The molecule has 0 aromatic carbocycles. The maximum absolute atomic E-state index is 12.3. The first kappa shape index (κ1) is 15.5. The van der Waals surface area contributed by atoms with Crippen LogP contribution in [-0.4, -0.2) is 30.4 Å². The number of hydrogen-bond donors (Lipinski definition) is 1. The Morgan fingerprint density at radius 3 is 3.00 bits per heavy atom. The second kappa shape index (κ2) is 6.80. The number of amides is 1. The first-order valence-corrected chi connectivity index (χ1v) is 9.06. The van der Waals surface area contributed by atoms with Crippen molar-refractivity contribution in [3.63, 3.8) is 0 Å². The number of likely N-dealkylation sites (tertiary alicyclic amines) is 1. The standard InChI is InChI=1S/C17H23N3OS/c1-12-5-4-8-20(10-12)11-16(21)19-17-14(9-18)13-6-2-3-7-15(13)22-17/h12H,2-8,10-11H2,1H3,(H,19,21)/t12-/m1/s1. The minimum absolute atomic E-state index is 0.0178. The molecular weight excluding hydrogens is 294 g/mol. The molecule has 0 saturated carbocycles. The molecule has 5 heteroatoms. The summed E-state index contributed by atoms with van der Waals surface area (Å²) in [6.45, 7) is 4.69. The highest BCUT2D eigenvalue weighted by Crippen LogP contribution is 2.37. The average Bonchev–Trinajstić information content (AvgIpc) is 2.83. The zero-order valence-electron chi connectivity index (χ0n) is 13.2. The lowest BCUT2D eigenvalue weighted by atomic mass is 9.96. The van der Waals surface area contributed by atoms with Crippen molar-refractivity contribution in [1.82, 2.24) is 4.90 Å². The molecule has 1 N–H and O–H groups in total. The molecule has 1 saturated heterocycles. The van der Waals surface area contributed by atoms with E-state index in [1.54, 1.807) is 11.3 Å². The molecule has 22 heavy (non-hydrogen) atoms. The van der Waals surface area contributed by atoms with Gasteiger partial charge in [-0.2, -0.15) is 5.26 Å². The smallest absolute Gasteiger partial charge is 0.239 e. The number of fused-ring (bicyclic) bond motifs is 1. The van der Waals surface area contributed by atoms with Gasteiger partial charge in [-0.25, -0.2) is 0 Å². The van der Waals surface area contributed by atoms with E-state index in [4.69, 9.17) is 0 Å². The Bertz CT molecular complexity index is 602. The van der Waals surface area contributed by atoms with E-state index in [9.17, 15) is 10.1 Å². The number of carbonyl (C=O) groups is 1. The predicted octanol–water partition coefficient (Wildman–Crippen LogP) is 3.17. The summed E-state index contributed by atoms with van der Waals surface area (Å²) in [6.07, 6.45) is 6.80. The van der Waals surface area contributed by atoms with Crippen LogP contribution in [0.2, 0.25) is 0 Å². The fourth-order valence-corrected chi connectivity index (χ4v) is 4.83. The Hall–Kier alpha value is -1.38. The third-order valence-corrected chi connectivity index (χ3v) is 5.85. The number of anilines is 1. The van der Waals surface area contributed by atoms with Crippen LogP contribution in [0.5, 0.6) is 0 Å². The van der Waals surface area contributed by atoms with Crippen LogP contribution >= 0.6 is 11.3 Å². The minimum atomic E-state index is 0.0178. The molecular formula is C17H23N3OS. The normalized spacial score (nSPS) is 21.9. The Morgan fingerprint density at radius 2 is 2.23 bits per heavy atom. The third kappa shape index (κ3) is 3.34. The van der Waals surface area contributed by atoms with E-state index >= 15 is 0 Å². The first-order valence-electron chi connectivity index (χ1n) is 8.24. The number of thiophene rings is 1. The van der Waals surface area contributed by atoms with Gasteiger partial charge < -0.3 is 5.32 Å². The van der Waals surface area contributed by atoms with Crippen molar-refractivity contribution in [3.8, 4) is 6.07 Å². The summed E-state index contributed by atoms with van der Waals surface area (Å²) in [5.74, 6) is 0.689. The largest absolute Gasteiger partial charge is 0.315 e. The molecule has 1 aliphatic carbocycles. The van der Waals surface area contributed by atoms with Crippen LogP contribution < -0.4 is 5.32 Å². The number of nitrogens with one attached hydrogen (secondary N) is 1. The van der Waals surface area contributed by atoms with Gasteiger partial charge in [0.25, 0.3) is 0 Å². The molecule has 1 amide bonds. The Morgan fingerprint density at radius 1 is 1.41 bits per heavy atom. The lowest BCUT2D eigenvalue weighted by Crippen LogP contribution is -2.39.